The number of benzene rings is 1. The summed E-state index contributed by atoms with van der Waals surface area (Å²) in [7, 11) is 0. The third-order valence-corrected chi connectivity index (χ3v) is 2.91. The van der Waals surface area contributed by atoms with E-state index >= 15 is 0 Å². The molecular weight excluding hydrogens is 222 g/mol. The number of hydrogen-bond acceptors (Lipinski definition) is 2. The summed E-state index contributed by atoms with van der Waals surface area (Å²) >= 11 is 0. The standard InChI is InChI=1S/C16H23NO/c1-5-18-15-10-9-13(8-6-7-11-17)12-14(15)16(2,3)4/h9-10,12H,5-8H2,1-4H3. The highest BCUT2D eigenvalue weighted by atomic mass is 16.5. The number of aryl methyl sites for hydroxylation is 1. The number of hydrogen-bond donors (Lipinski definition) is 0. The first-order chi connectivity index (χ1) is 8.49. The molecule has 0 radical (unpaired) electrons. The topological polar surface area (TPSA) is 33.0 Å². The third-order valence-electron chi connectivity index (χ3n) is 2.91. The molecular formula is C16H23NO. The smallest absolute Gasteiger partial charge is 0.123 e. The number of rotatable bonds is 5. The molecule has 0 unspecified atom stereocenters. The fourth-order valence-electron chi connectivity index (χ4n) is 1.97. The Morgan fingerprint density at radius 3 is 2.56 bits per heavy atom. The molecule has 1 aromatic rings. The van der Waals surface area contributed by atoms with Gasteiger partial charge in [-0.15, -0.1) is 0 Å². The molecule has 18 heavy (non-hydrogen) atoms. The van der Waals surface area contributed by atoms with Crippen molar-refractivity contribution in [2.45, 2.75) is 52.4 Å². The largest absolute Gasteiger partial charge is 0.494 e. The molecule has 0 saturated carbocycles. The van der Waals surface area contributed by atoms with Gasteiger partial charge in [-0.05, 0) is 42.4 Å². The van der Waals surface area contributed by atoms with Gasteiger partial charge in [0.2, 0.25) is 0 Å². The van der Waals surface area contributed by atoms with Crippen molar-refractivity contribution in [1.29, 1.82) is 5.26 Å². The molecule has 0 spiro atoms. The van der Waals surface area contributed by atoms with Gasteiger partial charge in [-0.2, -0.15) is 5.26 Å². The highest BCUT2D eigenvalue weighted by Gasteiger charge is 2.19. The van der Waals surface area contributed by atoms with Crippen molar-refractivity contribution in [3.8, 4) is 11.8 Å². The minimum Gasteiger partial charge on any atom is -0.494 e. The quantitative estimate of drug-likeness (QED) is 0.727. The summed E-state index contributed by atoms with van der Waals surface area (Å²) < 4.78 is 5.69. The van der Waals surface area contributed by atoms with Crippen molar-refractivity contribution in [1.82, 2.24) is 0 Å². The van der Waals surface area contributed by atoms with Crippen molar-refractivity contribution in [3.05, 3.63) is 29.3 Å². The van der Waals surface area contributed by atoms with E-state index in [1.807, 2.05) is 6.92 Å². The zero-order chi connectivity index (χ0) is 13.6. The Balaban J connectivity index is 2.95. The fourth-order valence-corrected chi connectivity index (χ4v) is 1.97. The lowest BCUT2D eigenvalue weighted by Crippen LogP contribution is -2.14. The van der Waals surface area contributed by atoms with Crippen LogP contribution in [0.2, 0.25) is 0 Å². The van der Waals surface area contributed by atoms with Crippen molar-refractivity contribution in [2.24, 2.45) is 0 Å². The van der Waals surface area contributed by atoms with Crippen LogP contribution in [-0.4, -0.2) is 6.61 Å². The molecule has 0 fully saturated rings. The van der Waals surface area contributed by atoms with Crippen molar-refractivity contribution in [2.75, 3.05) is 6.61 Å². The van der Waals surface area contributed by atoms with Crippen molar-refractivity contribution in [3.63, 3.8) is 0 Å². The Hall–Kier alpha value is -1.49. The highest BCUT2D eigenvalue weighted by molar-refractivity contribution is 5.41. The second kappa shape index (κ2) is 6.44. The second-order valence-corrected chi connectivity index (χ2v) is 5.53. The van der Waals surface area contributed by atoms with Gasteiger partial charge in [-0.25, -0.2) is 0 Å². The number of unbranched alkanes of at least 4 members (excludes halogenated alkanes) is 1. The summed E-state index contributed by atoms with van der Waals surface area (Å²) in [5.41, 5.74) is 2.62. The summed E-state index contributed by atoms with van der Waals surface area (Å²) in [6, 6.07) is 8.58. The van der Waals surface area contributed by atoms with E-state index in [2.05, 4.69) is 45.0 Å². The average molecular weight is 245 g/mol. The Kier molecular flexibility index (Phi) is 5.22. The Morgan fingerprint density at radius 1 is 1.28 bits per heavy atom. The van der Waals surface area contributed by atoms with Crippen LogP contribution in [0.1, 0.15) is 51.7 Å². The fraction of sp³-hybridized carbons (Fsp3) is 0.562. The average Bonchev–Trinajstić information content (AvgIpc) is 2.30. The van der Waals surface area contributed by atoms with E-state index in [0.29, 0.717) is 13.0 Å². The SMILES string of the molecule is CCOc1ccc(CCCC#N)cc1C(C)(C)C. The summed E-state index contributed by atoms with van der Waals surface area (Å²) in [5.74, 6) is 0.981. The zero-order valence-electron chi connectivity index (χ0n) is 11.9. The van der Waals surface area contributed by atoms with E-state index in [0.717, 1.165) is 18.6 Å². The minimum atomic E-state index is 0.0791. The van der Waals surface area contributed by atoms with Gasteiger partial charge >= 0.3 is 0 Å². The van der Waals surface area contributed by atoms with E-state index in [1.54, 1.807) is 0 Å². The lowest BCUT2D eigenvalue weighted by Gasteiger charge is -2.23. The molecule has 1 aromatic carbocycles. The van der Waals surface area contributed by atoms with Crippen LogP contribution in [0, 0.1) is 11.3 Å². The van der Waals surface area contributed by atoms with Gasteiger partial charge in [0.05, 0.1) is 12.7 Å². The van der Waals surface area contributed by atoms with Gasteiger partial charge in [0.1, 0.15) is 5.75 Å². The maximum Gasteiger partial charge on any atom is 0.123 e. The van der Waals surface area contributed by atoms with Gasteiger partial charge in [0, 0.05) is 6.42 Å². The van der Waals surface area contributed by atoms with E-state index in [9.17, 15) is 0 Å². The van der Waals surface area contributed by atoms with Gasteiger partial charge in [0.25, 0.3) is 0 Å². The minimum absolute atomic E-state index is 0.0791. The predicted molar refractivity (Wildman–Crippen MR) is 74.9 cm³/mol. The number of ether oxygens (including phenoxy) is 1. The van der Waals surface area contributed by atoms with E-state index < -0.39 is 0 Å². The van der Waals surface area contributed by atoms with Gasteiger partial charge < -0.3 is 4.74 Å². The normalized spacial score (nSPS) is 11.1. The molecule has 1 rings (SSSR count). The number of nitrogens with zero attached hydrogens (tertiary/aromatic N) is 1. The van der Waals surface area contributed by atoms with Crippen LogP contribution in [0.5, 0.6) is 5.75 Å². The van der Waals surface area contributed by atoms with Gasteiger partial charge in [-0.3, -0.25) is 0 Å². The Morgan fingerprint density at radius 2 is 2.00 bits per heavy atom. The first-order valence-electron chi connectivity index (χ1n) is 6.62. The summed E-state index contributed by atoms with van der Waals surface area (Å²) in [6.07, 6.45) is 2.51. The maximum absolute atomic E-state index is 8.57. The monoisotopic (exact) mass is 245 g/mol. The molecule has 0 aromatic heterocycles. The maximum atomic E-state index is 8.57. The molecule has 2 nitrogen and oxygen atoms in total. The molecule has 0 aliphatic rings. The molecule has 98 valence electrons. The molecule has 0 atom stereocenters. The second-order valence-electron chi connectivity index (χ2n) is 5.53. The highest BCUT2D eigenvalue weighted by Crippen LogP contribution is 2.32. The molecule has 0 bridgehead atoms. The third kappa shape index (κ3) is 4.07. The van der Waals surface area contributed by atoms with Gasteiger partial charge in [-0.1, -0.05) is 32.9 Å². The van der Waals surface area contributed by atoms with Crippen LogP contribution in [-0.2, 0) is 11.8 Å². The Labute approximate surface area is 111 Å². The summed E-state index contributed by atoms with van der Waals surface area (Å²) in [4.78, 5) is 0. The van der Waals surface area contributed by atoms with Crippen LogP contribution < -0.4 is 4.74 Å². The summed E-state index contributed by atoms with van der Waals surface area (Å²) in [6.45, 7) is 9.29. The molecule has 0 aliphatic carbocycles. The molecule has 2 heteroatoms. The predicted octanol–water partition coefficient (Wildman–Crippen LogP) is 4.23. The zero-order valence-corrected chi connectivity index (χ0v) is 11.9. The van der Waals surface area contributed by atoms with E-state index in [-0.39, 0.29) is 5.41 Å². The molecule has 0 amide bonds. The Bertz CT molecular complexity index is 424. The summed E-state index contributed by atoms with van der Waals surface area (Å²) in [5, 5.41) is 8.57. The lowest BCUT2D eigenvalue weighted by molar-refractivity contribution is 0.329. The van der Waals surface area contributed by atoms with Crippen LogP contribution >= 0.6 is 0 Å². The number of nitriles is 1. The van der Waals surface area contributed by atoms with E-state index in [4.69, 9.17) is 10.00 Å². The van der Waals surface area contributed by atoms with Crippen LogP contribution in [0.3, 0.4) is 0 Å². The van der Waals surface area contributed by atoms with Crippen molar-refractivity contribution < 1.29 is 4.74 Å². The van der Waals surface area contributed by atoms with Crippen LogP contribution in [0.25, 0.3) is 0 Å². The molecule has 0 heterocycles. The molecule has 0 saturated heterocycles. The molecule has 0 N–H and O–H groups in total. The van der Waals surface area contributed by atoms with Crippen molar-refractivity contribution >= 4 is 0 Å². The first kappa shape index (κ1) is 14.6. The first-order valence-corrected chi connectivity index (χ1v) is 6.62. The van der Waals surface area contributed by atoms with Crippen LogP contribution in [0.15, 0.2) is 18.2 Å². The van der Waals surface area contributed by atoms with Crippen LogP contribution in [0.4, 0.5) is 0 Å². The van der Waals surface area contributed by atoms with Gasteiger partial charge in [0.15, 0.2) is 0 Å². The lowest BCUT2D eigenvalue weighted by atomic mass is 9.85. The molecule has 0 aliphatic heterocycles. The van der Waals surface area contributed by atoms with E-state index in [1.165, 1.54) is 11.1 Å².